The predicted octanol–water partition coefficient (Wildman–Crippen LogP) is 2.17. The van der Waals surface area contributed by atoms with Crippen molar-refractivity contribution in [3.05, 3.63) is 12.7 Å². The molecule has 4 fully saturated rings. The average molecular weight is 236 g/mol. The van der Waals surface area contributed by atoms with Crippen molar-refractivity contribution in [1.29, 1.82) is 0 Å². The van der Waals surface area contributed by atoms with Gasteiger partial charge in [0.25, 0.3) is 0 Å². The topological polar surface area (TPSA) is 35.5 Å². The van der Waals surface area contributed by atoms with Crippen LogP contribution < -0.4 is 0 Å². The first-order chi connectivity index (χ1) is 8.23. The molecule has 4 aliphatic rings. The Hall–Kier alpha value is -0.830. The van der Waals surface area contributed by atoms with E-state index in [4.69, 9.17) is 9.47 Å². The molecule has 94 valence electrons. The molecule has 0 radical (unpaired) electrons. The maximum Gasteiger partial charge on any atom is 0.330 e. The molecular formula is C14H20O3. The summed E-state index contributed by atoms with van der Waals surface area (Å²) < 4.78 is 10.8. The highest BCUT2D eigenvalue weighted by Gasteiger charge is 2.77. The maximum atomic E-state index is 10.9. The van der Waals surface area contributed by atoms with Crippen LogP contribution >= 0.6 is 0 Å². The van der Waals surface area contributed by atoms with E-state index in [-0.39, 0.29) is 5.97 Å². The van der Waals surface area contributed by atoms with Crippen molar-refractivity contribution in [1.82, 2.24) is 0 Å². The van der Waals surface area contributed by atoms with Gasteiger partial charge in [-0.05, 0) is 42.4 Å². The summed E-state index contributed by atoms with van der Waals surface area (Å²) in [4.78, 5) is 10.9. The molecule has 0 amide bonds. The van der Waals surface area contributed by atoms with Crippen LogP contribution in [0, 0.1) is 23.2 Å². The van der Waals surface area contributed by atoms with Gasteiger partial charge < -0.3 is 9.47 Å². The van der Waals surface area contributed by atoms with Gasteiger partial charge >= 0.3 is 5.97 Å². The molecule has 4 rings (SSSR count). The largest absolute Gasteiger partial charge is 0.460 e. The highest BCUT2D eigenvalue weighted by atomic mass is 16.6. The van der Waals surface area contributed by atoms with E-state index in [1.165, 1.54) is 25.3 Å². The van der Waals surface area contributed by atoms with Crippen LogP contribution in [0.2, 0.25) is 0 Å². The van der Waals surface area contributed by atoms with Gasteiger partial charge in [-0.25, -0.2) is 4.79 Å². The van der Waals surface area contributed by atoms with E-state index in [1.807, 2.05) is 0 Å². The SMILES string of the molecule is C=CC(=O)OCCOC1C2CC3C1C3(CC)C2. The summed E-state index contributed by atoms with van der Waals surface area (Å²) in [6.07, 6.45) is 5.69. The van der Waals surface area contributed by atoms with Crippen LogP contribution in [0.15, 0.2) is 12.7 Å². The first-order valence-corrected chi connectivity index (χ1v) is 6.63. The van der Waals surface area contributed by atoms with Crippen molar-refractivity contribution < 1.29 is 14.3 Å². The molecule has 0 aromatic rings. The molecule has 5 unspecified atom stereocenters. The number of rotatable bonds is 6. The van der Waals surface area contributed by atoms with Gasteiger partial charge in [-0.1, -0.05) is 13.5 Å². The quantitative estimate of drug-likeness (QED) is 0.403. The highest BCUT2D eigenvalue weighted by molar-refractivity contribution is 5.81. The third kappa shape index (κ3) is 1.48. The molecule has 0 aliphatic heterocycles. The molecule has 0 saturated heterocycles. The first-order valence-electron chi connectivity index (χ1n) is 6.63. The Morgan fingerprint density at radius 2 is 2.35 bits per heavy atom. The Bertz CT molecular complexity index is 351. The van der Waals surface area contributed by atoms with E-state index < -0.39 is 0 Å². The van der Waals surface area contributed by atoms with E-state index in [9.17, 15) is 4.79 Å². The van der Waals surface area contributed by atoms with Gasteiger partial charge in [0.2, 0.25) is 0 Å². The fourth-order valence-corrected chi connectivity index (χ4v) is 4.55. The second-order valence-electron chi connectivity index (χ2n) is 5.63. The minimum atomic E-state index is -0.362. The molecule has 3 nitrogen and oxygen atoms in total. The number of hydrogen-bond acceptors (Lipinski definition) is 3. The van der Waals surface area contributed by atoms with E-state index >= 15 is 0 Å². The Labute approximate surface area is 102 Å². The molecule has 4 bridgehead atoms. The Morgan fingerprint density at radius 3 is 2.94 bits per heavy atom. The van der Waals surface area contributed by atoms with Gasteiger partial charge in [-0.15, -0.1) is 0 Å². The summed E-state index contributed by atoms with van der Waals surface area (Å²) in [5, 5.41) is 0. The fourth-order valence-electron chi connectivity index (χ4n) is 4.55. The lowest BCUT2D eigenvalue weighted by atomic mass is 10.0. The lowest BCUT2D eigenvalue weighted by molar-refractivity contribution is -0.140. The maximum absolute atomic E-state index is 10.9. The zero-order chi connectivity index (χ0) is 12.0. The molecule has 17 heavy (non-hydrogen) atoms. The minimum absolute atomic E-state index is 0.352. The average Bonchev–Trinajstić information content (AvgIpc) is 2.74. The van der Waals surface area contributed by atoms with E-state index in [0.29, 0.717) is 24.7 Å². The van der Waals surface area contributed by atoms with Crippen LogP contribution in [0.5, 0.6) is 0 Å². The summed E-state index contributed by atoms with van der Waals surface area (Å²) >= 11 is 0. The molecular weight excluding hydrogens is 216 g/mol. The fraction of sp³-hybridized carbons (Fsp3) is 0.786. The van der Waals surface area contributed by atoms with Gasteiger partial charge in [0.1, 0.15) is 6.61 Å². The predicted molar refractivity (Wildman–Crippen MR) is 63.3 cm³/mol. The van der Waals surface area contributed by atoms with Crippen LogP contribution in [0.25, 0.3) is 0 Å². The van der Waals surface area contributed by atoms with Gasteiger partial charge in [-0.3, -0.25) is 0 Å². The number of esters is 1. The monoisotopic (exact) mass is 236 g/mol. The minimum Gasteiger partial charge on any atom is -0.460 e. The molecule has 5 atom stereocenters. The zero-order valence-electron chi connectivity index (χ0n) is 10.4. The Morgan fingerprint density at radius 1 is 1.53 bits per heavy atom. The van der Waals surface area contributed by atoms with E-state index in [2.05, 4.69) is 13.5 Å². The highest BCUT2D eigenvalue weighted by Crippen LogP contribution is 2.80. The lowest BCUT2D eigenvalue weighted by Crippen LogP contribution is -2.20. The molecule has 0 aromatic carbocycles. The standard InChI is InChI=1S/C14H20O3/c1-3-11(15)16-5-6-17-13-9-7-10-12(13)14(10,4-2)8-9/h3,9-10,12-13H,1,4-8H2,2H3. The summed E-state index contributed by atoms with van der Waals surface area (Å²) in [5.41, 5.74) is 0.646. The van der Waals surface area contributed by atoms with Gasteiger partial charge in [-0.2, -0.15) is 0 Å². The first kappa shape index (κ1) is 11.3. The van der Waals surface area contributed by atoms with Crippen molar-refractivity contribution in [3.63, 3.8) is 0 Å². The molecule has 3 heteroatoms. The normalized spacial score (nSPS) is 44.8. The number of ether oxygens (including phenoxy) is 2. The number of carbonyl (C=O) groups is 1. The van der Waals surface area contributed by atoms with Gasteiger partial charge in [0.15, 0.2) is 0 Å². The lowest BCUT2D eigenvalue weighted by Gasteiger charge is -2.15. The van der Waals surface area contributed by atoms with Crippen LogP contribution in [0.4, 0.5) is 0 Å². The summed E-state index contributed by atoms with van der Waals surface area (Å²) in [6, 6.07) is 0. The van der Waals surface area contributed by atoms with Crippen LogP contribution in [-0.2, 0) is 14.3 Å². The van der Waals surface area contributed by atoms with Crippen molar-refractivity contribution in [3.8, 4) is 0 Å². The third-order valence-electron chi connectivity index (χ3n) is 5.21. The van der Waals surface area contributed by atoms with E-state index in [0.717, 1.165) is 17.8 Å². The second-order valence-corrected chi connectivity index (χ2v) is 5.63. The number of carbonyl (C=O) groups excluding carboxylic acids is 1. The van der Waals surface area contributed by atoms with Crippen molar-refractivity contribution in [2.75, 3.05) is 13.2 Å². The Balaban J connectivity index is 1.44. The molecule has 0 aromatic heterocycles. The van der Waals surface area contributed by atoms with Crippen LogP contribution in [0.1, 0.15) is 26.2 Å². The van der Waals surface area contributed by atoms with Crippen molar-refractivity contribution >= 4 is 5.97 Å². The number of hydrogen-bond donors (Lipinski definition) is 0. The molecule has 4 saturated carbocycles. The van der Waals surface area contributed by atoms with Gasteiger partial charge in [0, 0.05) is 6.08 Å². The van der Waals surface area contributed by atoms with Gasteiger partial charge in [0.05, 0.1) is 12.7 Å². The van der Waals surface area contributed by atoms with Crippen LogP contribution in [-0.4, -0.2) is 25.3 Å². The molecule has 0 heterocycles. The van der Waals surface area contributed by atoms with E-state index in [1.54, 1.807) is 0 Å². The summed E-state index contributed by atoms with van der Waals surface area (Å²) in [7, 11) is 0. The summed E-state index contributed by atoms with van der Waals surface area (Å²) in [6.45, 7) is 6.55. The smallest absolute Gasteiger partial charge is 0.330 e. The molecule has 0 spiro atoms. The molecule has 4 aliphatic carbocycles. The van der Waals surface area contributed by atoms with Crippen molar-refractivity contribution in [2.45, 2.75) is 32.3 Å². The van der Waals surface area contributed by atoms with Crippen LogP contribution in [0.3, 0.4) is 0 Å². The van der Waals surface area contributed by atoms with Crippen molar-refractivity contribution in [2.24, 2.45) is 23.2 Å². The second kappa shape index (κ2) is 3.84. The third-order valence-corrected chi connectivity index (χ3v) is 5.21. The Kier molecular flexibility index (Phi) is 2.54. The molecule has 0 N–H and O–H groups in total. The zero-order valence-corrected chi connectivity index (χ0v) is 10.4. The summed E-state index contributed by atoms with van der Waals surface area (Å²) in [5.74, 6) is 2.17.